The number of carboxylic acids is 1. The molecule has 1 fully saturated rings. The molecule has 0 spiro atoms. The number of halogens is 1. The van der Waals surface area contributed by atoms with Gasteiger partial charge in [-0.1, -0.05) is 11.3 Å². The summed E-state index contributed by atoms with van der Waals surface area (Å²) in [7, 11) is 0. The quantitative estimate of drug-likeness (QED) is 0.892. The third-order valence-corrected chi connectivity index (χ3v) is 3.18. The fourth-order valence-electron chi connectivity index (χ4n) is 1.13. The lowest BCUT2D eigenvalue weighted by Crippen LogP contribution is -2.05. The Balaban J connectivity index is 2.35. The van der Waals surface area contributed by atoms with Crippen LogP contribution >= 0.6 is 27.3 Å². The lowest BCUT2D eigenvalue weighted by molar-refractivity contribution is -0.0475. The molecule has 1 aliphatic heterocycles. The second-order valence-electron chi connectivity index (χ2n) is 2.56. The molecule has 0 saturated carbocycles. The van der Waals surface area contributed by atoms with Gasteiger partial charge in [0.1, 0.15) is 10.6 Å². The highest BCUT2D eigenvalue weighted by molar-refractivity contribution is 9.11. The smallest absolute Gasteiger partial charge is 0.348 e. The first-order valence-electron chi connectivity index (χ1n) is 3.81. The van der Waals surface area contributed by atoms with E-state index in [1.807, 2.05) is 0 Å². The van der Waals surface area contributed by atoms with Crippen molar-refractivity contribution in [3.8, 4) is 0 Å². The highest BCUT2D eigenvalue weighted by atomic mass is 79.9. The average molecular weight is 280 g/mol. The molecule has 2 rings (SSSR count). The van der Waals surface area contributed by atoms with Crippen molar-refractivity contribution >= 4 is 33.2 Å². The van der Waals surface area contributed by atoms with Crippen LogP contribution in [0.25, 0.3) is 0 Å². The Morgan fingerprint density at radius 2 is 2.21 bits per heavy atom. The Kier molecular flexibility index (Phi) is 2.82. The normalized spacial score (nSPS) is 17.5. The van der Waals surface area contributed by atoms with E-state index >= 15 is 0 Å². The number of aromatic nitrogens is 1. The standard InChI is InChI=1S/C7H6BrNO4S/c8-7-9-3(4(14-7)5(10)11)6-12-1-2-13-6/h6H,1-2H2,(H,10,11). The van der Waals surface area contributed by atoms with Crippen LogP contribution in [0.3, 0.4) is 0 Å². The lowest BCUT2D eigenvalue weighted by atomic mass is 10.3. The second kappa shape index (κ2) is 3.93. The van der Waals surface area contributed by atoms with Gasteiger partial charge < -0.3 is 14.6 Å². The van der Waals surface area contributed by atoms with Crippen LogP contribution in [0.15, 0.2) is 3.92 Å². The maximum absolute atomic E-state index is 10.8. The second-order valence-corrected chi connectivity index (χ2v) is 4.83. The van der Waals surface area contributed by atoms with E-state index < -0.39 is 12.3 Å². The van der Waals surface area contributed by atoms with Crippen molar-refractivity contribution in [2.75, 3.05) is 13.2 Å². The molecule has 0 unspecified atom stereocenters. The minimum Gasteiger partial charge on any atom is -0.477 e. The van der Waals surface area contributed by atoms with Crippen LogP contribution in [-0.2, 0) is 9.47 Å². The molecule has 2 heterocycles. The van der Waals surface area contributed by atoms with E-state index in [0.29, 0.717) is 22.8 Å². The van der Waals surface area contributed by atoms with Crippen molar-refractivity contribution in [1.29, 1.82) is 0 Å². The van der Waals surface area contributed by atoms with Gasteiger partial charge in [-0.25, -0.2) is 9.78 Å². The Morgan fingerprint density at radius 3 is 2.79 bits per heavy atom. The van der Waals surface area contributed by atoms with E-state index in [9.17, 15) is 4.79 Å². The molecule has 1 N–H and O–H groups in total. The molecule has 7 heteroatoms. The minimum absolute atomic E-state index is 0.156. The molecule has 1 saturated heterocycles. The van der Waals surface area contributed by atoms with Crippen molar-refractivity contribution in [3.63, 3.8) is 0 Å². The number of carboxylic acid groups (broad SMARTS) is 1. The van der Waals surface area contributed by atoms with E-state index in [4.69, 9.17) is 14.6 Å². The van der Waals surface area contributed by atoms with E-state index in [-0.39, 0.29) is 4.88 Å². The molecule has 0 amide bonds. The molecule has 14 heavy (non-hydrogen) atoms. The predicted molar refractivity (Wildman–Crippen MR) is 51.4 cm³/mol. The third-order valence-electron chi connectivity index (χ3n) is 1.67. The van der Waals surface area contributed by atoms with Gasteiger partial charge in [0.25, 0.3) is 0 Å². The molecule has 0 aromatic carbocycles. The Labute approximate surface area is 91.8 Å². The molecular weight excluding hydrogens is 274 g/mol. The summed E-state index contributed by atoms with van der Waals surface area (Å²) in [6.07, 6.45) is -0.636. The number of nitrogens with zero attached hydrogens (tertiary/aromatic N) is 1. The monoisotopic (exact) mass is 279 g/mol. The van der Waals surface area contributed by atoms with Gasteiger partial charge in [-0.05, 0) is 15.9 Å². The zero-order valence-corrected chi connectivity index (χ0v) is 9.30. The van der Waals surface area contributed by atoms with Crippen LogP contribution in [0.2, 0.25) is 0 Å². The zero-order valence-electron chi connectivity index (χ0n) is 6.90. The van der Waals surface area contributed by atoms with Gasteiger partial charge in [0.05, 0.1) is 13.2 Å². The van der Waals surface area contributed by atoms with Crippen LogP contribution in [0.5, 0.6) is 0 Å². The molecule has 1 aliphatic rings. The van der Waals surface area contributed by atoms with Crippen LogP contribution in [0, 0.1) is 0 Å². The maximum atomic E-state index is 10.8. The number of hydrogen-bond acceptors (Lipinski definition) is 5. The average Bonchev–Trinajstić information content (AvgIpc) is 2.70. The topological polar surface area (TPSA) is 68.7 Å². The van der Waals surface area contributed by atoms with Crippen LogP contribution in [0.1, 0.15) is 21.7 Å². The van der Waals surface area contributed by atoms with Crippen molar-refractivity contribution in [2.24, 2.45) is 0 Å². The van der Waals surface area contributed by atoms with E-state index in [2.05, 4.69) is 20.9 Å². The van der Waals surface area contributed by atoms with Gasteiger partial charge in [0.15, 0.2) is 3.92 Å². The van der Waals surface area contributed by atoms with E-state index in [1.165, 1.54) is 0 Å². The SMILES string of the molecule is O=C(O)c1sc(Br)nc1C1OCCO1. The summed E-state index contributed by atoms with van der Waals surface area (Å²) in [4.78, 5) is 15.0. The minimum atomic E-state index is -1.01. The van der Waals surface area contributed by atoms with Crippen LogP contribution in [0.4, 0.5) is 0 Å². The largest absolute Gasteiger partial charge is 0.477 e. The van der Waals surface area contributed by atoms with Crippen LogP contribution < -0.4 is 0 Å². The Hall–Kier alpha value is -0.500. The number of thiazole rings is 1. The van der Waals surface area contributed by atoms with Crippen molar-refractivity contribution in [1.82, 2.24) is 4.98 Å². The fraction of sp³-hybridized carbons (Fsp3) is 0.429. The van der Waals surface area contributed by atoms with Gasteiger partial charge in [0, 0.05) is 0 Å². The molecule has 5 nitrogen and oxygen atoms in total. The fourth-order valence-corrected chi connectivity index (χ4v) is 2.46. The summed E-state index contributed by atoms with van der Waals surface area (Å²) in [5, 5.41) is 8.88. The Morgan fingerprint density at radius 1 is 1.57 bits per heavy atom. The molecule has 0 bridgehead atoms. The highest BCUT2D eigenvalue weighted by Gasteiger charge is 2.28. The molecule has 0 aliphatic carbocycles. The summed E-state index contributed by atoms with van der Waals surface area (Å²) in [6, 6.07) is 0. The first kappa shape index (κ1) is 10.0. The zero-order chi connectivity index (χ0) is 10.1. The summed E-state index contributed by atoms with van der Waals surface area (Å²) in [5.74, 6) is -1.01. The molecule has 0 radical (unpaired) electrons. The third kappa shape index (κ3) is 1.81. The molecule has 1 aromatic rings. The lowest BCUT2D eigenvalue weighted by Gasteiger charge is -2.05. The Bertz CT molecular complexity index is 361. The van der Waals surface area contributed by atoms with Gasteiger partial charge in [-0.15, -0.1) is 0 Å². The summed E-state index contributed by atoms with van der Waals surface area (Å²) < 4.78 is 10.9. The number of aromatic carboxylic acids is 1. The molecule has 0 atom stereocenters. The van der Waals surface area contributed by atoms with Crippen LogP contribution in [-0.4, -0.2) is 29.3 Å². The first-order chi connectivity index (χ1) is 6.68. The highest BCUT2D eigenvalue weighted by Crippen LogP contribution is 2.31. The molecule has 76 valence electrons. The van der Waals surface area contributed by atoms with Crippen molar-refractivity contribution in [2.45, 2.75) is 6.29 Å². The van der Waals surface area contributed by atoms with E-state index in [1.54, 1.807) is 0 Å². The number of carbonyl (C=O) groups is 1. The number of rotatable bonds is 2. The van der Waals surface area contributed by atoms with Gasteiger partial charge >= 0.3 is 5.97 Å². The molecule has 1 aromatic heterocycles. The molecular formula is C7H6BrNO4S. The van der Waals surface area contributed by atoms with Crippen molar-refractivity contribution in [3.05, 3.63) is 14.5 Å². The van der Waals surface area contributed by atoms with Gasteiger partial charge in [-0.3, -0.25) is 0 Å². The summed E-state index contributed by atoms with van der Waals surface area (Å²) in [5.41, 5.74) is 0.340. The number of ether oxygens (including phenoxy) is 2. The summed E-state index contributed by atoms with van der Waals surface area (Å²) >= 11 is 4.19. The predicted octanol–water partition coefficient (Wildman–Crippen LogP) is 1.65. The summed E-state index contributed by atoms with van der Waals surface area (Å²) in [6.45, 7) is 0.942. The number of hydrogen-bond donors (Lipinski definition) is 1. The van der Waals surface area contributed by atoms with Crippen molar-refractivity contribution < 1.29 is 19.4 Å². The van der Waals surface area contributed by atoms with Gasteiger partial charge in [0.2, 0.25) is 6.29 Å². The maximum Gasteiger partial charge on any atom is 0.348 e. The van der Waals surface area contributed by atoms with Gasteiger partial charge in [-0.2, -0.15) is 0 Å². The first-order valence-corrected chi connectivity index (χ1v) is 5.42. The van der Waals surface area contributed by atoms with E-state index in [0.717, 1.165) is 11.3 Å².